The van der Waals surface area contributed by atoms with E-state index in [1.807, 2.05) is 0 Å². The summed E-state index contributed by atoms with van der Waals surface area (Å²) in [4.78, 5) is 30.3. The van der Waals surface area contributed by atoms with E-state index in [0.717, 1.165) is 0 Å². The van der Waals surface area contributed by atoms with E-state index < -0.39 is 5.92 Å². The Hall–Kier alpha value is -2.44. The molecule has 0 spiro atoms. The maximum absolute atomic E-state index is 12.4. The van der Waals surface area contributed by atoms with Crippen molar-refractivity contribution in [3.8, 4) is 0 Å². The van der Waals surface area contributed by atoms with E-state index in [1.165, 1.54) is 16.2 Å². The number of nitrogens with one attached hydrogen (secondary N) is 1. The Kier molecular flexibility index (Phi) is 6.42. The van der Waals surface area contributed by atoms with E-state index in [0.29, 0.717) is 41.5 Å². The average Bonchev–Trinajstić information content (AvgIpc) is 3.38. The topological polar surface area (TPSA) is 133 Å². The molecule has 1 aliphatic heterocycles. The summed E-state index contributed by atoms with van der Waals surface area (Å²) in [6.07, 6.45) is 0.632. The highest BCUT2D eigenvalue weighted by Gasteiger charge is 2.36. The van der Waals surface area contributed by atoms with Crippen molar-refractivity contribution in [3.63, 3.8) is 0 Å². The molecule has 0 saturated carbocycles. The molecule has 0 radical (unpaired) electrons. The third-order valence-electron chi connectivity index (χ3n) is 3.90. The normalized spacial score (nSPS) is 16.9. The van der Waals surface area contributed by atoms with Crippen LogP contribution in [0.25, 0.3) is 0 Å². The summed E-state index contributed by atoms with van der Waals surface area (Å²) < 4.78 is 15.0. The number of nitrogens with zero attached hydrogens (tertiary/aromatic N) is 5. The third-order valence-corrected chi connectivity index (χ3v) is 4.82. The first-order valence-electron chi connectivity index (χ1n) is 8.30. The van der Waals surface area contributed by atoms with Crippen LogP contribution < -0.4 is 10.2 Å². The predicted molar refractivity (Wildman–Crippen MR) is 92.8 cm³/mol. The molecule has 3 rings (SSSR count). The van der Waals surface area contributed by atoms with E-state index >= 15 is 0 Å². The van der Waals surface area contributed by atoms with Crippen LogP contribution in [0, 0.1) is 5.92 Å². The van der Waals surface area contributed by atoms with E-state index in [4.69, 9.17) is 14.0 Å². The maximum Gasteiger partial charge on any atom is 0.229 e. The summed E-state index contributed by atoms with van der Waals surface area (Å²) in [6.45, 7) is 1.21. The Bertz CT molecular complexity index is 793. The lowest BCUT2D eigenvalue weighted by Crippen LogP contribution is -2.32. The van der Waals surface area contributed by atoms with Gasteiger partial charge in [-0.15, -0.1) is 10.2 Å². The summed E-state index contributed by atoms with van der Waals surface area (Å²) in [7, 11) is 3.15. The van der Waals surface area contributed by atoms with Gasteiger partial charge >= 0.3 is 0 Å². The summed E-state index contributed by atoms with van der Waals surface area (Å²) >= 11 is 1.28. The Labute approximate surface area is 159 Å². The van der Waals surface area contributed by atoms with Gasteiger partial charge in [0.15, 0.2) is 5.82 Å². The predicted octanol–water partition coefficient (Wildman–Crippen LogP) is -0.0743. The van der Waals surface area contributed by atoms with Gasteiger partial charge in [0.05, 0.1) is 25.5 Å². The second-order valence-corrected chi connectivity index (χ2v) is 6.92. The van der Waals surface area contributed by atoms with Crippen molar-refractivity contribution >= 4 is 28.3 Å². The zero-order chi connectivity index (χ0) is 19.2. The lowest BCUT2D eigenvalue weighted by molar-refractivity contribution is -0.126. The van der Waals surface area contributed by atoms with Gasteiger partial charge in [-0.25, -0.2) is 0 Å². The average molecular weight is 396 g/mol. The summed E-state index contributed by atoms with van der Waals surface area (Å²) in [5.74, 6) is -0.0324. The van der Waals surface area contributed by atoms with Crippen molar-refractivity contribution in [3.05, 3.63) is 16.7 Å². The van der Waals surface area contributed by atoms with Gasteiger partial charge in [-0.1, -0.05) is 16.5 Å². The molecule has 2 aromatic rings. The summed E-state index contributed by atoms with van der Waals surface area (Å²) in [5, 5.41) is 15.7. The minimum Gasteiger partial charge on any atom is -0.384 e. The number of aromatic nitrogens is 4. The number of hydrogen-bond donors (Lipinski definition) is 1. The Morgan fingerprint density at radius 3 is 3.00 bits per heavy atom. The van der Waals surface area contributed by atoms with E-state index in [-0.39, 0.29) is 31.3 Å². The molecule has 0 aromatic carbocycles. The van der Waals surface area contributed by atoms with Crippen LogP contribution in [0.15, 0.2) is 4.52 Å². The van der Waals surface area contributed by atoms with Gasteiger partial charge in [0.1, 0.15) is 11.6 Å². The standard InChI is InChI=1S/C15H20N6O5S/c1-24-4-3-11-17-10(20-26-11)6-16-14(23)9-5-13(22)21(7-9)15-19-18-12(27-15)8-25-2/h9H,3-8H2,1-2H3,(H,16,23). The first-order chi connectivity index (χ1) is 13.1. The van der Waals surface area contributed by atoms with Gasteiger partial charge in [0.25, 0.3) is 0 Å². The fourth-order valence-electron chi connectivity index (χ4n) is 2.57. The number of hydrogen-bond acceptors (Lipinski definition) is 10. The van der Waals surface area contributed by atoms with Gasteiger partial charge in [0.2, 0.25) is 22.8 Å². The van der Waals surface area contributed by atoms with Gasteiger partial charge in [-0.3, -0.25) is 14.5 Å². The molecule has 3 heterocycles. The van der Waals surface area contributed by atoms with Gasteiger partial charge < -0.3 is 19.3 Å². The molecule has 0 bridgehead atoms. The SMILES string of the molecule is COCCc1nc(CNC(=O)C2CC(=O)N(c3nnc(COC)s3)C2)no1. The van der Waals surface area contributed by atoms with Crippen molar-refractivity contribution in [1.82, 2.24) is 25.7 Å². The fraction of sp³-hybridized carbons (Fsp3) is 0.600. The van der Waals surface area contributed by atoms with Crippen LogP contribution >= 0.6 is 11.3 Å². The number of methoxy groups -OCH3 is 2. The number of anilines is 1. The van der Waals surface area contributed by atoms with E-state index in [1.54, 1.807) is 14.2 Å². The molecule has 1 unspecified atom stereocenters. The highest BCUT2D eigenvalue weighted by molar-refractivity contribution is 7.15. The summed E-state index contributed by atoms with van der Waals surface area (Å²) in [6, 6.07) is 0. The first-order valence-corrected chi connectivity index (χ1v) is 9.12. The molecule has 2 aromatic heterocycles. The highest BCUT2D eigenvalue weighted by atomic mass is 32.1. The molecular weight excluding hydrogens is 376 g/mol. The minimum atomic E-state index is -0.466. The molecule has 1 N–H and O–H groups in total. The van der Waals surface area contributed by atoms with Gasteiger partial charge in [0, 0.05) is 27.2 Å². The van der Waals surface area contributed by atoms with Crippen molar-refractivity contribution < 1.29 is 23.6 Å². The van der Waals surface area contributed by atoms with Crippen LogP contribution in [-0.4, -0.2) is 59.5 Å². The van der Waals surface area contributed by atoms with E-state index in [2.05, 4.69) is 25.7 Å². The van der Waals surface area contributed by atoms with Crippen molar-refractivity contribution in [1.29, 1.82) is 0 Å². The number of carbonyl (C=O) groups is 2. The Morgan fingerprint density at radius 1 is 1.37 bits per heavy atom. The van der Waals surface area contributed by atoms with Crippen LogP contribution in [0.5, 0.6) is 0 Å². The zero-order valence-corrected chi connectivity index (χ0v) is 15.8. The Balaban J connectivity index is 1.51. The molecule has 146 valence electrons. The highest BCUT2D eigenvalue weighted by Crippen LogP contribution is 2.28. The third kappa shape index (κ3) is 4.84. The monoisotopic (exact) mass is 396 g/mol. The number of amides is 2. The first kappa shape index (κ1) is 19.3. The molecular formula is C15H20N6O5S. The maximum atomic E-state index is 12.4. The number of rotatable bonds is 9. The fourth-order valence-corrected chi connectivity index (χ4v) is 3.40. The quantitative estimate of drug-likeness (QED) is 0.618. The number of carbonyl (C=O) groups excluding carboxylic acids is 2. The molecule has 1 fully saturated rings. The van der Waals surface area contributed by atoms with E-state index in [9.17, 15) is 9.59 Å². The smallest absolute Gasteiger partial charge is 0.229 e. The second-order valence-electron chi connectivity index (χ2n) is 5.88. The minimum absolute atomic E-state index is 0.121. The van der Waals surface area contributed by atoms with Gasteiger partial charge in [-0.05, 0) is 0 Å². The second kappa shape index (κ2) is 8.97. The van der Waals surface area contributed by atoms with Gasteiger partial charge in [-0.2, -0.15) is 4.98 Å². The Morgan fingerprint density at radius 2 is 2.22 bits per heavy atom. The van der Waals surface area contributed by atoms with Crippen molar-refractivity contribution in [2.24, 2.45) is 5.92 Å². The van der Waals surface area contributed by atoms with Crippen LogP contribution in [0.2, 0.25) is 0 Å². The molecule has 12 heteroatoms. The van der Waals surface area contributed by atoms with Crippen LogP contribution in [0.1, 0.15) is 23.1 Å². The molecule has 11 nitrogen and oxygen atoms in total. The lowest BCUT2D eigenvalue weighted by atomic mass is 10.1. The lowest BCUT2D eigenvalue weighted by Gasteiger charge is -2.12. The molecule has 1 saturated heterocycles. The molecule has 27 heavy (non-hydrogen) atoms. The molecule has 1 aliphatic rings. The molecule has 1 atom stereocenters. The van der Waals surface area contributed by atoms with Crippen LogP contribution in [-0.2, 0) is 38.6 Å². The molecule has 0 aliphatic carbocycles. The zero-order valence-electron chi connectivity index (χ0n) is 15.0. The largest absolute Gasteiger partial charge is 0.384 e. The van der Waals surface area contributed by atoms with Crippen LogP contribution in [0.3, 0.4) is 0 Å². The molecule has 2 amide bonds. The van der Waals surface area contributed by atoms with Crippen molar-refractivity contribution in [2.45, 2.75) is 26.0 Å². The summed E-state index contributed by atoms with van der Waals surface area (Å²) in [5.41, 5.74) is 0. The van der Waals surface area contributed by atoms with Crippen LogP contribution in [0.4, 0.5) is 5.13 Å². The van der Waals surface area contributed by atoms with Crippen molar-refractivity contribution in [2.75, 3.05) is 32.3 Å². The number of ether oxygens (including phenoxy) is 2.